The van der Waals surface area contributed by atoms with Crippen molar-refractivity contribution in [3.8, 4) is 0 Å². The zero-order valence-electron chi connectivity index (χ0n) is 11.7. The van der Waals surface area contributed by atoms with Crippen molar-refractivity contribution < 1.29 is 0 Å². The van der Waals surface area contributed by atoms with Crippen LogP contribution in [0.3, 0.4) is 0 Å². The SMILES string of the molecule is CC1(C)C2=CC=CC(C)(C)C23C=CC1C3.CN. The molecule has 2 atom stereocenters. The van der Waals surface area contributed by atoms with Crippen molar-refractivity contribution in [3.63, 3.8) is 0 Å². The number of rotatable bonds is 0. The second-order valence-electron chi connectivity index (χ2n) is 6.52. The molecular weight excluding hydrogens is 206 g/mol. The largest absolute Gasteiger partial charge is 0.333 e. The first-order valence-corrected chi connectivity index (χ1v) is 6.58. The molecule has 1 heteroatoms. The Kier molecular flexibility index (Phi) is 2.66. The molecule has 1 spiro atoms. The molecule has 2 bridgehead atoms. The normalized spacial score (nSPS) is 38.2. The Bertz CT molecular complexity index is 407. The molecule has 0 amide bonds. The van der Waals surface area contributed by atoms with Crippen LogP contribution in [0.5, 0.6) is 0 Å². The molecule has 0 aromatic carbocycles. The summed E-state index contributed by atoms with van der Waals surface area (Å²) in [5.74, 6) is 0.753. The Labute approximate surface area is 105 Å². The summed E-state index contributed by atoms with van der Waals surface area (Å²) in [6.07, 6.45) is 13.3. The highest BCUT2D eigenvalue weighted by Crippen LogP contribution is 2.69. The fourth-order valence-electron chi connectivity index (χ4n) is 3.96. The molecule has 94 valence electrons. The van der Waals surface area contributed by atoms with E-state index in [0.29, 0.717) is 10.8 Å². The fourth-order valence-corrected chi connectivity index (χ4v) is 3.96. The van der Waals surface area contributed by atoms with Gasteiger partial charge in [-0.15, -0.1) is 0 Å². The van der Waals surface area contributed by atoms with Crippen molar-refractivity contribution in [2.24, 2.45) is 27.9 Å². The molecule has 1 nitrogen and oxygen atoms in total. The van der Waals surface area contributed by atoms with E-state index in [9.17, 15) is 0 Å². The lowest BCUT2D eigenvalue weighted by atomic mass is 9.58. The van der Waals surface area contributed by atoms with Crippen molar-refractivity contribution >= 4 is 0 Å². The average Bonchev–Trinajstić information content (AvgIpc) is 2.79. The first-order valence-electron chi connectivity index (χ1n) is 6.58. The highest BCUT2D eigenvalue weighted by molar-refractivity contribution is 5.48. The topological polar surface area (TPSA) is 26.0 Å². The van der Waals surface area contributed by atoms with Crippen LogP contribution >= 0.6 is 0 Å². The van der Waals surface area contributed by atoms with Crippen molar-refractivity contribution in [3.05, 3.63) is 36.0 Å². The van der Waals surface area contributed by atoms with Gasteiger partial charge in [0.25, 0.3) is 0 Å². The molecule has 17 heavy (non-hydrogen) atoms. The molecule has 3 aliphatic rings. The van der Waals surface area contributed by atoms with Crippen LogP contribution < -0.4 is 5.73 Å². The molecule has 0 heterocycles. The molecule has 1 fully saturated rings. The van der Waals surface area contributed by atoms with E-state index in [-0.39, 0.29) is 5.41 Å². The lowest BCUT2D eigenvalue weighted by Gasteiger charge is -2.46. The highest BCUT2D eigenvalue weighted by atomic mass is 14.6. The van der Waals surface area contributed by atoms with Crippen molar-refractivity contribution in [2.45, 2.75) is 34.1 Å². The molecule has 3 rings (SSSR count). The van der Waals surface area contributed by atoms with E-state index in [2.05, 4.69) is 63.8 Å². The Balaban J connectivity index is 0.000000514. The number of hydrogen-bond donors (Lipinski definition) is 1. The summed E-state index contributed by atoms with van der Waals surface area (Å²) in [7, 11) is 1.50. The molecule has 2 N–H and O–H groups in total. The maximum Gasteiger partial charge on any atom is 0.0191 e. The van der Waals surface area contributed by atoms with E-state index in [1.165, 1.54) is 13.5 Å². The summed E-state index contributed by atoms with van der Waals surface area (Å²) in [5.41, 5.74) is 7.15. The van der Waals surface area contributed by atoms with Gasteiger partial charge in [-0.05, 0) is 30.2 Å². The minimum atomic E-state index is 0.288. The Morgan fingerprint density at radius 1 is 1.12 bits per heavy atom. The van der Waals surface area contributed by atoms with Gasteiger partial charge in [-0.1, -0.05) is 63.6 Å². The van der Waals surface area contributed by atoms with Crippen LogP contribution in [-0.2, 0) is 0 Å². The average molecular weight is 231 g/mol. The van der Waals surface area contributed by atoms with E-state index >= 15 is 0 Å². The predicted molar refractivity (Wildman–Crippen MR) is 74.6 cm³/mol. The van der Waals surface area contributed by atoms with Gasteiger partial charge in [0.2, 0.25) is 0 Å². The molecule has 0 aliphatic heterocycles. The van der Waals surface area contributed by atoms with Gasteiger partial charge in [0.05, 0.1) is 0 Å². The molecule has 1 saturated carbocycles. The molecule has 2 unspecified atom stereocenters. The summed E-state index contributed by atoms with van der Waals surface area (Å²) < 4.78 is 0. The van der Waals surface area contributed by atoms with Gasteiger partial charge in [-0.3, -0.25) is 0 Å². The molecule has 0 radical (unpaired) electrons. The highest BCUT2D eigenvalue weighted by Gasteiger charge is 2.60. The molecule has 0 aromatic heterocycles. The minimum Gasteiger partial charge on any atom is -0.333 e. The van der Waals surface area contributed by atoms with Crippen LogP contribution in [0.15, 0.2) is 36.0 Å². The first kappa shape index (κ1) is 12.6. The summed E-state index contributed by atoms with van der Waals surface area (Å²) in [6.45, 7) is 9.57. The number of allylic oxidation sites excluding steroid dienone is 6. The van der Waals surface area contributed by atoms with Crippen LogP contribution in [-0.4, -0.2) is 7.05 Å². The predicted octanol–water partition coefficient (Wildman–Crippen LogP) is 3.69. The zero-order valence-corrected chi connectivity index (χ0v) is 11.7. The number of fused-ring (bicyclic) bond motifs is 1. The van der Waals surface area contributed by atoms with E-state index in [1.54, 1.807) is 5.57 Å². The van der Waals surface area contributed by atoms with Crippen LogP contribution in [0.1, 0.15) is 34.1 Å². The first-order chi connectivity index (χ1) is 7.90. The van der Waals surface area contributed by atoms with Gasteiger partial charge in [0, 0.05) is 5.41 Å². The lowest BCUT2D eigenvalue weighted by molar-refractivity contribution is 0.232. The van der Waals surface area contributed by atoms with Crippen LogP contribution in [0.25, 0.3) is 0 Å². The van der Waals surface area contributed by atoms with Gasteiger partial charge >= 0.3 is 0 Å². The van der Waals surface area contributed by atoms with Gasteiger partial charge in [0.15, 0.2) is 0 Å². The van der Waals surface area contributed by atoms with Crippen molar-refractivity contribution in [2.75, 3.05) is 7.05 Å². The monoisotopic (exact) mass is 231 g/mol. The van der Waals surface area contributed by atoms with E-state index in [1.807, 2.05) is 0 Å². The fraction of sp³-hybridized carbons (Fsp3) is 0.625. The van der Waals surface area contributed by atoms with Gasteiger partial charge in [-0.2, -0.15) is 0 Å². The molecular formula is C16H25N. The Morgan fingerprint density at radius 3 is 2.35 bits per heavy atom. The van der Waals surface area contributed by atoms with Crippen LogP contribution in [0, 0.1) is 22.2 Å². The van der Waals surface area contributed by atoms with Crippen LogP contribution in [0.4, 0.5) is 0 Å². The molecule has 3 aliphatic carbocycles. The summed E-state index contributed by atoms with van der Waals surface area (Å²) in [4.78, 5) is 0. The third kappa shape index (κ3) is 1.35. The Hall–Kier alpha value is -0.820. The summed E-state index contributed by atoms with van der Waals surface area (Å²) >= 11 is 0. The number of hydrogen-bond acceptors (Lipinski definition) is 1. The van der Waals surface area contributed by atoms with E-state index < -0.39 is 0 Å². The third-order valence-corrected chi connectivity index (χ3v) is 5.18. The standard InChI is InChI=1S/C15H20.CH5N/c1-13(2)8-5-6-12-14(3,4)11-7-9-15(12,13)10-11;1-2/h5-9,11H,10H2,1-4H3;2H2,1H3. The van der Waals surface area contributed by atoms with Crippen molar-refractivity contribution in [1.82, 2.24) is 0 Å². The second kappa shape index (κ2) is 3.58. The maximum absolute atomic E-state index is 4.50. The molecule has 0 saturated heterocycles. The van der Waals surface area contributed by atoms with Gasteiger partial charge in [-0.25, -0.2) is 0 Å². The lowest BCUT2D eigenvalue weighted by Crippen LogP contribution is -2.37. The van der Waals surface area contributed by atoms with E-state index in [4.69, 9.17) is 0 Å². The maximum atomic E-state index is 4.50. The third-order valence-electron chi connectivity index (χ3n) is 5.18. The zero-order chi connectivity index (χ0) is 12.9. The van der Waals surface area contributed by atoms with E-state index in [0.717, 1.165) is 5.92 Å². The Morgan fingerprint density at radius 2 is 1.76 bits per heavy atom. The summed E-state index contributed by atoms with van der Waals surface area (Å²) in [6, 6.07) is 0. The minimum absolute atomic E-state index is 0.288. The quantitative estimate of drug-likeness (QED) is 0.632. The summed E-state index contributed by atoms with van der Waals surface area (Å²) in [5, 5.41) is 0. The smallest absolute Gasteiger partial charge is 0.0191 e. The molecule has 0 aromatic rings. The second-order valence-corrected chi connectivity index (χ2v) is 6.52. The van der Waals surface area contributed by atoms with Gasteiger partial charge < -0.3 is 5.73 Å². The van der Waals surface area contributed by atoms with Crippen LogP contribution in [0.2, 0.25) is 0 Å². The van der Waals surface area contributed by atoms with Gasteiger partial charge in [0.1, 0.15) is 0 Å². The van der Waals surface area contributed by atoms with Crippen molar-refractivity contribution in [1.29, 1.82) is 0 Å². The number of nitrogens with two attached hydrogens (primary N) is 1.